The summed E-state index contributed by atoms with van der Waals surface area (Å²) >= 11 is 3.37. The Kier molecular flexibility index (Phi) is 5.49. The highest BCUT2D eigenvalue weighted by molar-refractivity contribution is 9.10. The Hall–Kier alpha value is -0.870. The number of carbonyl (C=O) groups is 1. The normalized spacial score (nSPS) is 10.5. The van der Waals surface area contributed by atoms with Gasteiger partial charge in [-0.3, -0.25) is 0 Å². The Labute approximate surface area is 104 Å². The van der Waals surface area contributed by atoms with Crippen LogP contribution in [-0.4, -0.2) is 18.7 Å². The summed E-state index contributed by atoms with van der Waals surface area (Å²) in [5.41, 5.74) is 1.02. The Morgan fingerprint density at radius 3 is 2.81 bits per heavy atom. The molecule has 4 heteroatoms. The van der Waals surface area contributed by atoms with Crippen molar-refractivity contribution in [3.63, 3.8) is 0 Å². The average molecular weight is 287 g/mol. The van der Waals surface area contributed by atoms with E-state index < -0.39 is 0 Å². The molecule has 1 aromatic carbocycles. The van der Waals surface area contributed by atoms with Gasteiger partial charge in [-0.1, -0.05) is 28.1 Å². The van der Waals surface area contributed by atoms with Crippen molar-refractivity contribution >= 4 is 21.9 Å². The molecule has 0 heterocycles. The van der Waals surface area contributed by atoms with Gasteiger partial charge in [-0.05, 0) is 31.5 Å². The zero-order valence-electron chi connectivity index (χ0n) is 9.40. The van der Waals surface area contributed by atoms with Crippen LogP contribution in [-0.2, 0) is 20.9 Å². The number of halogens is 1. The summed E-state index contributed by atoms with van der Waals surface area (Å²) in [5, 5.41) is 0. The van der Waals surface area contributed by atoms with E-state index in [-0.39, 0.29) is 18.7 Å². The van der Waals surface area contributed by atoms with E-state index in [1.807, 2.05) is 38.1 Å². The Balaban J connectivity index is 2.28. The van der Waals surface area contributed by atoms with Crippen LogP contribution in [0.5, 0.6) is 0 Å². The van der Waals surface area contributed by atoms with E-state index >= 15 is 0 Å². The molecule has 0 unspecified atom stereocenters. The maximum Gasteiger partial charge on any atom is 0.332 e. The first-order chi connectivity index (χ1) is 7.58. The highest BCUT2D eigenvalue weighted by atomic mass is 79.9. The van der Waals surface area contributed by atoms with Crippen LogP contribution in [0.3, 0.4) is 0 Å². The Morgan fingerprint density at radius 2 is 2.19 bits per heavy atom. The summed E-state index contributed by atoms with van der Waals surface area (Å²) in [5.74, 6) is -0.329. The zero-order chi connectivity index (χ0) is 12.0. The van der Waals surface area contributed by atoms with Crippen molar-refractivity contribution in [2.45, 2.75) is 26.6 Å². The van der Waals surface area contributed by atoms with E-state index in [1.165, 1.54) is 0 Å². The van der Waals surface area contributed by atoms with Gasteiger partial charge >= 0.3 is 5.97 Å². The van der Waals surface area contributed by atoms with Gasteiger partial charge in [-0.25, -0.2) is 4.79 Å². The summed E-state index contributed by atoms with van der Waals surface area (Å²) in [7, 11) is 0. The van der Waals surface area contributed by atoms with Crippen LogP contribution in [0, 0.1) is 0 Å². The first kappa shape index (κ1) is 13.2. The third-order valence-corrected chi connectivity index (χ3v) is 2.24. The van der Waals surface area contributed by atoms with Gasteiger partial charge in [-0.2, -0.15) is 0 Å². The average Bonchev–Trinajstić information content (AvgIpc) is 2.16. The van der Waals surface area contributed by atoms with Crippen LogP contribution in [0.4, 0.5) is 0 Å². The largest absolute Gasteiger partial charge is 0.461 e. The summed E-state index contributed by atoms with van der Waals surface area (Å²) in [4.78, 5) is 11.2. The van der Waals surface area contributed by atoms with Gasteiger partial charge in [0.1, 0.15) is 6.61 Å². The van der Waals surface area contributed by atoms with Gasteiger partial charge in [0.15, 0.2) is 0 Å². The third-order valence-electron chi connectivity index (χ3n) is 1.74. The molecule has 1 rings (SSSR count). The minimum absolute atomic E-state index is 0.00923. The minimum atomic E-state index is -0.329. The van der Waals surface area contributed by atoms with Crippen LogP contribution in [0.1, 0.15) is 19.4 Å². The number of esters is 1. The van der Waals surface area contributed by atoms with Gasteiger partial charge < -0.3 is 9.47 Å². The van der Waals surface area contributed by atoms with E-state index in [2.05, 4.69) is 15.9 Å². The van der Waals surface area contributed by atoms with Crippen molar-refractivity contribution in [3.8, 4) is 0 Å². The van der Waals surface area contributed by atoms with E-state index in [1.54, 1.807) is 0 Å². The maximum absolute atomic E-state index is 11.2. The lowest BCUT2D eigenvalue weighted by Crippen LogP contribution is -2.16. The lowest BCUT2D eigenvalue weighted by atomic mass is 10.2. The van der Waals surface area contributed by atoms with Crippen LogP contribution in [0.25, 0.3) is 0 Å². The summed E-state index contributed by atoms with van der Waals surface area (Å²) < 4.78 is 11.2. The molecule has 0 aliphatic carbocycles. The van der Waals surface area contributed by atoms with Crippen molar-refractivity contribution in [3.05, 3.63) is 34.3 Å². The fourth-order valence-electron chi connectivity index (χ4n) is 1.18. The smallest absolute Gasteiger partial charge is 0.332 e. The van der Waals surface area contributed by atoms with Crippen LogP contribution >= 0.6 is 15.9 Å². The quantitative estimate of drug-likeness (QED) is 0.781. The molecule has 0 radical (unpaired) electrons. The molecule has 0 fully saturated rings. The number of rotatable bonds is 5. The number of carbonyl (C=O) groups excluding carboxylic acids is 1. The third kappa shape index (κ3) is 5.28. The fourth-order valence-corrected chi connectivity index (χ4v) is 1.62. The predicted octanol–water partition coefficient (Wildman–Crippen LogP) is 2.92. The molecule has 0 saturated heterocycles. The van der Waals surface area contributed by atoms with Gasteiger partial charge in [0, 0.05) is 4.47 Å². The molecular formula is C12H15BrO3. The van der Waals surface area contributed by atoms with Gasteiger partial charge in [-0.15, -0.1) is 0 Å². The van der Waals surface area contributed by atoms with Crippen molar-refractivity contribution in [2.24, 2.45) is 0 Å². The Bertz CT molecular complexity index is 350. The molecule has 0 spiro atoms. The van der Waals surface area contributed by atoms with E-state index in [0.717, 1.165) is 10.0 Å². The highest BCUT2D eigenvalue weighted by Gasteiger charge is 2.05. The summed E-state index contributed by atoms with van der Waals surface area (Å²) in [6, 6.07) is 7.76. The van der Waals surface area contributed by atoms with Crippen LogP contribution in [0.15, 0.2) is 28.7 Å². The van der Waals surface area contributed by atoms with Crippen molar-refractivity contribution in [2.75, 3.05) is 6.61 Å². The number of hydrogen-bond donors (Lipinski definition) is 0. The van der Waals surface area contributed by atoms with E-state index in [0.29, 0.717) is 6.61 Å². The van der Waals surface area contributed by atoms with Crippen LogP contribution < -0.4 is 0 Å². The molecule has 88 valence electrons. The van der Waals surface area contributed by atoms with Crippen molar-refractivity contribution in [1.82, 2.24) is 0 Å². The lowest BCUT2D eigenvalue weighted by Gasteiger charge is -2.08. The second-order valence-electron chi connectivity index (χ2n) is 3.66. The predicted molar refractivity (Wildman–Crippen MR) is 65.0 cm³/mol. The van der Waals surface area contributed by atoms with Gasteiger partial charge in [0.25, 0.3) is 0 Å². The first-order valence-corrected chi connectivity index (χ1v) is 5.89. The highest BCUT2D eigenvalue weighted by Crippen LogP contribution is 2.12. The van der Waals surface area contributed by atoms with E-state index in [4.69, 9.17) is 9.47 Å². The minimum Gasteiger partial charge on any atom is -0.461 e. The molecule has 16 heavy (non-hydrogen) atoms. The van der Waals surface area contributed by atoms with Crippen LogP contribution in [0.2, 0.25) is 0 Å². The monoisotopic (exact) mass is 286 g/mol. The second-order valence-corrected chi connectivity index (χ2v) is 4.58. The fraction of sp³-hybridized carbons (Fsp3) is 0.417. The number of benzene rings is 1. The second kappa shape index (κ2) is 6.66. The molecule has 3 nitrogen and oxygen atoms in total. The number of hydrogen-bond acceptors (Lipinski definition) is 3. The summed E-state index contributed by atoms with van der Waals surface area (Å²) in [6.45, 7) is 4.02. The number of ether oxygens (including phenoxy) is 2. The molecular weight excluding hydrogens is 272 g/mol. The van der Waals surface area contributed by atoms with Crippen molar-refractivity contribution < 1.29 is 14.3 Å². The molecule has 1 aromatic rings. The molecule has 0 atom stereocenters. The van der Waals surface area contributed by atoms with Crippen molar-refractivity contribution in [1.29, 1.82) is 0 Å². The maximum atomic E-state index is 11.2. The SMILES string of the molecule is CC(C)OC(=O)COCc1cccc(Br)c1. The Morgan fingerprint density at radius 1 is 1.44 bits per heavy atom. The van der Waals surface area contributed by atoms with Gasteiger partial charge in [0.2, 0.25) is 0 Å². The molecule has 0 aliphatic heterocycles. The molecule has 0 aromatic heterocycles. The van der Waals surface area contributed by atoms with Gasteiger partial charge in [0.05, 0.1) is 12.7 Å². The molecule has 0 aliphatic rings. The topological polar surface area (TPSA) is 35.5 Å². The van der Waals surface area contributed by atoms with E-state index in [9.17, 15) is 4.79 Å². The lowest BCUT2D eigenvalue weighted by molar-refractivity contribution is -0.153. The zero-order valence-corrected chi connectivity index (χ0v) is 11.0. The molecule has 0 amide bonds. The summed E-state index contributed by atoms with van der Waals surface area (Å²) in [6.07, 6.45) is -0.0954. The molecule has 0 bridgehead atoms. The molecule has 0 saturated carbocycles. The standard InChI is InChI=1S/C12H15BrO3/c1-9(2)16-12(14)8-15-7-10-4-3-5-11(13)6-10/h3-6,9H,7-8H2,1-2H3. The first-order valence-electron chi connectivity index (χ1n) is 5.09. The molecule has 0 N–H and O–H groups in total.